The summed E-state index contributed by atoms with van der Waals surface area (Å²) >= 11 is 0. The molecule has 0 fully saturated rings. The van der Waals surface area contributed by atoms with Crippen LogP contribution in [0, 0.1) is 6.92 Å². The smallest absolute Gasteiger partial charge is 0.364 e. The number of anilines is 2. The fraction of sp³-hybridized carbons (Fsp3) is 0.0625. The van der Waals surface area contributed by atoms with E-state index in [-0.39, 0.29) is 5.88 Å². The molecule has 0 radical (unpaired) electrons. The van der Waals surface area contributed by atoms with Crippen molar-refractivity contribution >= 4 is 17.6 Å². The highest BCUT2D eigenvalue weighted by Crippen LogP contribution is 2.24. The molecule has 0 aliphatic heterocycles. The van der Waals surface area contributed by atoms with Gasteiger partial charge in [-0.1, -0.05) is 42.5 Å². The first-order valence-corrected chi connectivity index (χ1v) is 6.76. The second-order valence-electron chi connectivity index (χ2n) is 4.81. The molecular formula is C16H15N4O2+. The molecule has 0 saturated carbocycles. The van der Waals surface area contributed by atoms with Crippen molar-refractivity contribution in [3.63, 3.8) is 0 Å². The van der Waals surface area contributed by atoms with Gasteiger partial charge in [0.05, 0.1) is 0 Å². The SMILES string of the molecule is Cc1ccccc1-c1c(N)on[n+]1C(=O)Nc1ccccc1. The Kier molecular flexibility index (Phi) is 3.57. The molecule has 0 saturated heterocycles. The van der Waals surface area contributed by atoms with Gasteiger partial charge in [-0.05, 0) is 29.3 Å². The normalized spacial score (nSPS) is 10.4. The van der Waals surface area contributed by atoms with Crippen LogP contribution in [0.1, 0.15) is 5.56 Å². The molecule has 6 nitrogen and oxygen atoms in total. The van der Waals surface area contributed by atoms with Crippen molar-refractivity contribution in [1.82, 2.24) is 5.27 Å². The molecule has 0 atom stereocenters. The van der Waals surface area contributed by atoms with E-state index >= 15 is 0 Å². The highest BCUT2D eigenvalue weighted by molar-refractivity contribution is 5.84. The van der Waals surface area contributed by atoms with Gasteiger partial charge in [0.25, 0.3) is 5.88 Å². The summed E-state index contributed by atoms with van der Waals surface area (Å²) in [6.07, 6.45) is 0. The number of aryl methyl sites for hydroxylation is 1. The molecule has 0 unspecified atom stereocenters. The van der Waals surface area contributed by atoms with Crippen LogP contribution in [0.15, 0.2) is 59.1 Å². The quantitative estimate of drug-likeness (QED) is 0.712. The van der Waals surface area contributed by atoms with Crippen LogP contribution in [0.3, 0.4) is 0 Å². The van der Waals surface area contributed by atoms with Gasteiger partial charge in [0, 0.05) is 5.56 Å². The fourth-order valence-corrected chi connectivity index (χ4v) is 2.20. The number of hydrogen-bond acceptors (Lipinski definition) is 4. The van der Waals surface area contributed by atoms with Crippen LogP contribution in [0.5, 0.6) is 0 Å². The van der Waals surface area contributed by atoms with Crippen LogP contribution in [-0.2, 0) is 0 Å². The number of carbonyl (C=O) groups is 1. The van der Waals surface area contributed by atoms with Gasteiger partial charge < -0.3 is 10.3 Å². The predicted octanol–water partition coefficient (Wildman–Crippen LogP) is 2.60. The number of benzene rings is 2. The van der Waals surface area contributed by atoms with Gasteiger partial charge in [-0.2, -0.15) is 4.79 Å². The van der Waals surface area contributed by atoms with E-state index in [4.69, 9.17) is 10.3 Å². The van der Waals surface area contributed by atoms with Crippen molar-refractivity contribution in [3.05, 3.63) is 60.2 Å². The highest BCUT2D eigenvalue weighted by Gasteiger charge is 2.28. The topological polar surface area (TPSA) is 85.0 Å². The zero-order valence-electron chi connectivity index (χ0n) is 12.0. The second-order valence-corrected chi connectivity index (χ2v) is 4.81. The van der Waals surface area contributed by atoms with Crippen LogP contribution >= 0.6 is 0 Å². The summed E-state index contributed by atoms with van der Waals surface area (Å²) in [4.78, 5) is 12.4. The van der Waals surface area contributed by atoms with Crippen LogP contribution in [0.4, 0.5) is 16.4 Å². The van der Waals surface area contributed by atoms with Crippen molar-refractivity contribution in [2.45, 2.75) is 6.92 Å². The highest BCUT2D eigenvalue weighted by atomic mass is 16.5. The zero-order chi connectivity index (χ0) is 15.5. The van der Waals surface area contributed by atoms with E-state index in [2.05, 4.69) is 10.6 Å². The number of nitrogens with zero attached hydrogens (tertiary/aromatic N) is 2. The van der Waals surface area contributed by atoms with Crippen molar-refractivity contribution in [1.29, 1.82) is 0 Å². The lowest BCUT2D eigenvalue weighted by Crippen LogP contribution is -2.49. The first kappa shape index (κ1) is 13.8. The van der Waals surface area contributed by atoms with Gasteiger partial charge in [-0.3, -0.25) is 0 Å². The molecule has 3 aromatic rings. The van der Waals surface area contributed by atoms with Crippen molar-refractivity contribution in [3.8, 4) is 11.3 Å². The van der Waals surface area contributed by atoms with E-state index in [0.717, 1.165) is 15.8 Å². The molecule has 1 heterocycles. The van der Waals surface area contributed by atoms with Crippen molar-refractivity contribution < 1.29 is 14.0 Å². The first-order chi connectivity index (χ1) is 10.7. The first-order valence-electron chi connectivity index (χ1n) is 6.76. The summed E-state index contributed by atoms with van der Waals surface area (Å²) in [5.41, 5.74) is 8.71. The minimum Gasteiger partial charge on any atom is -0.364 e. The Bertz CT molecular complexity index is 812. The predicted molar refractivity (Wildman–Crippen MR) is 82.1 cm³/mol. The summed E-state index contributed by atoms with van der Waals surface area (Å²) in [5, 5.41) is 6.48. The molecule has 0 bridgehead atoms. The molecular weight excluding hydrogens is 280 g/mol. The molecule has 1 amide bonds. The maximum Gasteiger partial charge on any atom is 0.525 e. The number of nitrogens with two attached hydrogens (primary N) is 1. The van der Waals surface area contributed by atoms with Gasteiger partial charge in [-0.25, -0.2) is 5.32 Å². The number of nitrogen functional groups attached to an aromatic ring is 1. The number of rotatable bonds is 2. The Morgan fingerprint density at radius 3 is 2.55 bits per heavy atom. The largest absolute Gasteiger partial charge is 0.525 e. The van der Waals surface area contributed by atoms with Crippen molar-refractivity contribution in [2.75, 3.05) is 11.1 Å². The van der Waals surface area contributed by atoms with E-state index in [1.54, 1.807) is 12.1 Å². The Morgan fingerprint density at radius 1 is 1.14 bits per heavy atom. The average molecular weight is 295 g/mol. The molecule has 1 aromatic heterocycles. The summed E-state index contributed by atoms with van der Waals surface area (Å²) in [6, 6.07) is 16.3. The van der Waals surface area contributed by atoms with Crippen LogP contribution in [-0.4, -0.2) is 11.3 Å². The Morgan fingerprint density at radius 2 is 1.82 bits per heavy atom. The lowest BCUT2D eigenvalue weighted by molar-refractivity contribution is -0.633. The standard InChI is InChI=1S/C16H14N4O2/c1-11-7-5-6-10-13(11)14-15(17)22-19-20(14)16(21)18-12-8-3-2-4-9-12/h2-10H,1H3,(H2-,17,18,19,21)/p+1. The third kappa shape index (κ3) is 2.54. The summed E-state index contributed by atoms with van der Waals surface area (Å²) in [6.45, 7) is 1.93. The summed E-state index contributed by atoms with van der Waals surface area (Å²) < 4.78 is 6.12. The van der Waals surface area contributed by atoms with Gasteiger partial charge in [0.1, 0.15) is 11.0 Å². The number of para-hydroxylation sites is 1. The Hall–Kier alpha value is -3.15. The minimum atomic E-state index is -0.440. The van der Waals surface area contributed by atoms with Crippen LogP contribution in [0.25, 0.3) is 11.3 Å². The van der Waals surface area contributed by atoms with Gasteiger partial charge >= 0.3 is 6.03 Å². The molecule has 2 aromatic carbocycles. The van der Waals surface area contributed by atoms with Crippen LogP contribution < -0.4 is 15.7 Å². The fourth-order valence-electron chi connectivity index (χ4n) is 2.20. The third-order valence-electron chi connectivity index (χ3n) is 3.28. The maximum atomic E-state index is 12.4. The number of carbonyl (C=O) groups excluding carboxylic acids is 1. The van der Waals surface area contributed by atoms with Crippen LogP contribution in [0.2, 0.25) is 0 Å². The molecule has 3 rings (SSSR count). The maximum absolute atomic E-state index is 12.4. The lowest BCUT2D eigenvalue weighted by atomic mass is 10.1. The van der Waals surface area contributed by atoms with Crippen molar-refractivity contribution in [2.24, 2.45) is 0 Å². The molecule has 110 valence electrons. The molecule has 0 aliphatic rings. The number of hydrogen-bond donors (Lipinski definition) is 2. The van der Waals surface area contributed by atoms with E-state index < -0.39 is 6.03 Å². The molecule has 0 aliphatic carbocycles. The second kappa shape index (κ2) is 5.69. The zero-order valence-corrected chi connectivity index (χ0v) is 12.0. The molecule has 6 heteroatoms. The van der Waals surface area contributed by atoms with Gasteiger partial charge in [-0.15, -0.1) is 0 Å². The van der Waals surface area contributed by atoms with E-state index in [1.807, 2.05) is 49.4 Å². The van der Waals surface area contributed by atoms with E-state index in [1.165, 1.54) is 0 Å². The number of amides is 1. The van der Waals surface area contributed by atoms with E-state index in [9.17, 15) is 4.79 Å². The Balaban J connectivity index is 1.99. The molecule has 0 spiro atoms. The number of nitrogens with one attached hydrogen (secondary N) is 1. The molecule has 3 N–H and O–H groups in total. The number of aromatic nitrogens is 2. The van der Waals surface area contributed by atoms with Gasteiger partial charge in [0.2, 0.25) is 5.69 Å². The monoisotopic (exact) mass is 295 g/mol. The third-order valence-corrected chi connectivity index (χ3v) is 3.28. The average Bonchev–Trinajstić information content (AvgIpc) is 2.90. The lowest BCUT2D eigenvalue weighted by Gasteiger charge is -2.02. The Labute approximate surface area is 127 Å². The van der Waals surface area contributed by atoms with Gasteiger partial charge in [0.15, 0.2) is 0 Å². The molecule has 22 heavy (non-hydrogen) atoms. The summed E-state index contributed by atoms with van der Waals surface area (Å²) in [5.74, 6) is 0.0949. The van der Waals surface area contributed by atoms with E-state index in [0.29, 0.717) is 11.4 Å². The minimum absolute atomic E-state index is 0.0949. The summed E-state index contributed by atoms with van der Waals surface area (Å²) in [7, 11) is 0.